The predicted octanol–water partition coefficient (Wildman–Crippen LogP) is 3.32. The third kappa shape index (κ3) is 5.05. The highest BCUT2D eigenvalue weighted by molar-refractivity contribution is 5.79. The molecule has 4 heteroatoms. The van der Waals surface area contributed by atoms with Crippen LogP contribution in [0.1, 0.15) is 44.6 Å². The summed E-state index contributed by atoms with van der Waals surface area (Å²) in [6.07, 6.45) is 5.13. The normalized spacial score (nSPS) is 22.7. The lowest BCUT2D eigenvalue weighted by Gasteiger charge is -2.41. The predicted molar refractivity (Wildman–Crippen MR) is 100 cm³/mol. The molecule has 2 fully saturated rings. The quantitative estimate of drug-likeness (QED) is 0.794. The fourth-order valence-corrected chi connectivity index (χ4v) is 4.16. The molecule has 1 aromatic rings. The van der Waals surface area contributed by atoms with Crippen molar-refractivity contribution in [2.75, 3.05) is 32.8 Å². The standard InChI is InChI=1S/C21H32N2O2/c1-2-12-23(21(24)19-10-14-25-15-11-19)20-9-6-13-22(17-20)16-18-7-4-3-5-8-18/h3-5,7-8,19-20H,2,6,9-17H2,1H3/t20-/m1/s1. The van der Waals surface area contributed by atoms with E-state index in [1.807, 2.05) is 0 Å². The molecule has 3 rings (SSSR count). The molecule has 0 bridgehead atoms. The highest BCUT2D eigenvalue weighted by Crippen LogP contribution is 2.24. The van der Waals surface area contributed by atoms with Crippen LogP contribution in [0.25, 0.3) is 0 Å². The highest BCUT2D eigenvalue weighted by atomic mass is 16.5. The van der Waals surface area contributed by atoms with Crippen molar-refractivity contribution in [2.24, 2.45) is 5.92 Å². The van der Waals surface area contributed by atoms with Gasteiger partial charge in [-0.15, -0.1) is 0 Å². The minimum Gasteiger partial charge on any atom is -0.381 e. The molecule has 138 valence electrons. The van der Waals surface area contributed by atoms with E-state index in [0.29, 0.717) is 11.9 Å². The minimum absolute atomic E-state index is 0.171. The topological polar surface area (TPSA) is 32.8 Å². The molecule has 2 saturated heterocycles. The second kappa shape index (κ2) is 9.35. The monoisotopic (exact) mass is 344 g/mol. The molecule has 0 aliphatic carbocycles. The maximum Gasteiger partial charge on any atom is 0.226 e. The van der Waals surface area contributed by atoms with Gasteiger partial charge in [0.2, 0.25) is 5.91 Å². The molecule has 0 radical (unpaired) electrons. The van der Waals surface area contributed by atoms with Crippen LogP contribution in [0.15, 0.2) is 30.3 Å². The van der Waals surface area contributed by atoms with Crippen molar-refractivity contribution < 1.29 is 9.53 Å². The van der Waals surface area contributed by atoms with Crippen molar-refractivity contribution in [3.05, 3.63) is 35.9 Å². The van der Waals surface area contributed by atoms with Gasteiger partial charge >= 0.3 is 0 Å². The lowest BCUT2D eigenvalue weighted by molar-refractivity contribution is -0.142. The number of hydrogen-bond acceptors (Lipinski definition) is 3. The number of ether oxygens (including phenoxy) is 1. The van der Waals surface area contributed by atoms with Crippen molar-refractivity contribution in [3.63, 3.8) is 0 Å². The van der Waals surface area contributed by atoms with Crippen LogP contribution in [-0.2, 0) is 16.1 Å². The van der Waals surface area contributed by atoms with Crippen molar-refractivity contribution >= 4 is 5.91 Å². The largest absolute Gasteiger partial charge is 0.381 e. The van der Waals surface area contributed by atoms with E-state index >= 15 is 0 Å². The number of amides is 1. The molecule has 1 amide bonds. The Kier molecular flexibility index (Phi) is 6.88. The van der Waals surface area contributed by atoms with Crippen LogP contribution in [0.3, 0.4) is 0 Å². The zero-order valence-electron chi connectivity index (χ0n) is 15.5. The van der Waals surface area contributed by atoms with Crippen molar-refractivity contribution in [1.29, 1.82) is 0 Å². The number of piperidine rings is 1. The summed E-state index contributed by atoms with van der Waals surface area (Å²) in [7, 11) is 0. The first kappa shape index (κ1) is 18.4. The first-order chi connectivity index (χ1) is 12.3. The fraction of sp³-hybridized carbons (Fsp3) is 0.667. The lowest BCUT2D eigenvalue weighted by atomic mass is 9.95. The zero-order valence-corrected chi connectivity index (χ0v) is 15.5. The average molecular weight is 344 g/mol. The third-order valence-corrected chi connectivity index (χ3v) is 5.49. The number of nitrogens with zero attached hydrogens (tertiary/aromatic N) is 2. The Morgan fingerprint density at radius 2 is 1.96 bits per heavy atom. The number of likely N-dealkylation sites (tertiary alicyclic amines) is 1. The van der Waals surface area contributed by atoms with Crippen LogP contribution in [0.4, 0.5) is 0 Å². The van der Waals surface area contributed by atoms with Gasteiger partial charge in [0.1, 0.15) is 0 Å². The van der Waals surface area contributed by atoms with Gasteiger partial charge in [-0.1, -0.05) is 37.3 Å². The molecule has 2 aliphatic heterocycles. The summed E-state index contributed by atoms with van der Waals surface area (Å²) in [5.74, 6) is 0.543. The summed E-state index contributed by atoms with van der Waals surface area (Å²) >= 11 is 0. The number of carbonyl (C=O) groups excluding carboxylic acids is 1. The van der Waals surface area contributed by atoms with Gasteiger partial charge in [0.25, 0.3) is 0 Å². The maximum absolute atomic E-state index is 13.1. The van der Waals surface area contributed by atoms with Crippen LogP contribution in [0, 0.1) is 5.92 Å². The molecule has 1 atom stereocenters. The zero-order chi connectivity index (χ0) is 17.5. The summed E-state index contributed by atoms with van der Waals surface area (Å²) in [4.78, 5) is 17.8. The fourth-order valence-electron chi connectivity index (χ4n) is 4.16. The summed E-state index contributed by atoms with van der Waals surface area (Å²) in [6, 6.07) is 11.0. The summed E-state index contributed by atoms with van der Waals surface area (Å²) in [6.45, 7) is 7.67. The molecule has 4 nitrogen and oxygen atoms in total. The Labute approximate surface area is 152 Å². The minimum atomic E-state index is 0.171. The summed E-state index contributed by atoms with van der Waals surface area (Å²) < 4.78 is 5.44. The molecule has 0 spiro atoms. The number of carbonyl (C=O) groups is 1. The van der Waals surface area contributed by atoms with Crippen LogP contribution in [0.2, 0.25) is 0 Å². The van der Waals surface area contributed by atoms with Gasteiger partial charge in [0.05, 0.1) is 0 Å². The van der Waals surface area contributed by atoms with Crippen LogP contribution < -0.4 is 0 Å². The Morgan fingerprint density at radius 1 is 1.20 bits per heavy atom. The Hall–Kier alpha value is -1.39. The average Bonchev–Trinajstić information content (AvgIpc) is 2.67. The van der Waals surface area contributed by atoms with Gasteiger partial charge in [0, 0.05) is 44.8 Å². The smallest absolute Gasteiger partial charge is 0.226 e. The van der Waals surface area contributed by atoms with Crippen molar-refractivity contribution in [3.8, 4) is 0 Å². The Morgan fingerprint density at radius 3 is 2.68 bits per heavy atom. The molecule has 25 heavy (non-hydrogen) atoms. The third-order valence-electron chi connectivity index (χ3n) is 5.49. The SMILES string of the molecule is CCCN(C(=O)C1CCOCC1)[C@@H]1CCCN(Cc2ccccc2)C1. The molecular formula is C21H32N2O2. The van der Waals surface area contributed by atoms with Gasteiger partial charge in [-0.3, -0.25) is 9.69 Å². The molecule has 1 aromatic carbocycles. The number of hydrogen-bond donors (Lipinski definition) is 0. The summed E-state index contributed by atoms with van der Waals surface area (Å²) in [5, 5.41) is 0. The molecule has 0 N–H and O–H groups in total. The van der Waals surface area contributed by atoms with E-state index in [1.54, 1.807) is 0 Å². The second-order valence-corrected chi connectivity index (χ2v) is 7.44. The van der Waals surface area contributed by atoms with Crippen molar-refractivity contribution in [2.45, 2.75) is 51.6 Å². The summed E-state index contributed by atoms with van der Waals surface area (Å²) in [5.41, 5.74) is 1.36. The lowest BCUT2D eigenvalue weighted by Crippen LogP contribution is -2.52. The molecule has 2 heterocycles. The van der Waals surface area contributed by atoms with Gasteiger partial charge in [-0.25, -0.2) is 0 Å². The number of rotatable bonds is 6. The van der Waals surface area contributed by atoms with E-state index in [4.69, 9.17) is 4.74 Å². The molecule has 2 aliphatic rings. The molecule has 0 aromatic heterocycles. The van der Waals surface area contributed by atoms with Gasteiger partial charge in [0.15, 0.2) is 0 Å². The van der Waals surface area contributed by atoms with E-state index in [9.17, 15) is 4.79 Å². The van der Waals surface area contributed by atoms with E-state index in [0.717, 1.165) is 65.1 Å². The molecule has 0 unspecified atom stereocenters. The van der Waals surface area contributed by atoms with Crippen LogP contribution in [-0.4, -0.2) is 54.6 Å². The Balaban J connectivity index is 1.62. The van der Waals surface area contributed by atoms with E-state index < -0.39 is 0 Å². The van der Waals surface area contributed by atoms with Crippen LogP contribution in [0.5, 0.6) is 0 Å². The second-order valence-electron chi connectivity index (χ2n) is 7.44. The van der Waals surface area contributed by atoms with Crippen LogP contribution >= 0.6 is 0 Å². The first-order valence-electron chi connectivity index (χ1n) is 9.92. The maximum atomic E-state index is 13.1. The van der Waals surface area contributed by atoms with E-state index in [1.165, 1.54) is 12.0 Å². The number of benzene rings is 1. The highest BCUT2D eigenvalue weighted by Gasteiger charge is 2.32. The molecular weight excluding hydrogens is 312 g/mol. The van der Waals surface area contributed by atoms with Gasteiger partial charge in [-0.05, 0) is 44.2 Å². The van der Waals surface area contributed by atoms with E-state index in [2.05, 4.69) is 47.1 Å². The Bertz CT molecular complexity index is 528. The van der Waals surface area contributed by atoms with Gasteiger partial charge < -0.3 is 9.64 Å². The molecule has 0 saturated carbocycles. The van der Waals surface area contributed by atoms with E-state index in [-0.39, 0.29) is 5.92 Å². The van der Waals surface area contributed by atoms with Crippen molar-refractivity contribution in [1.82, 2.24) is 9.80 Å². The first-order valence-corrected chi connectivity index (χ1v) is 9.92. The van der Waals surface area contributed by atoms with Gasteiger partial charge in [-0.2, -0.15) is 0 Å².